The fourth-order valence-corrected chi connectivity index (χ4v) is 1.96. The fraction of sp³-hybridized carbons (Fsp3) is 0.353. The van der Waals surface area contributed by atoms with Gasteiger partial charge < -0.3 is 10.6 Å². The Bertz CT molecular complexity index is 601. The van der Waals surface area contributed by atoms with Crippen molar-refractivity contribution in [1.82, 2.24) is 15.3 Å². The number of aromatic nitrogens is 2. The van der Waals surface area contributed by atoms with Crippen molar-refractivity contribution in [3.05, 3.63) is 54.0 Å². The van der Waals surface area contributed by atoms with Gasteiger partial charge in [-0.2, -0.15) is 0 Å². The van der Waals surface area contributed by atoms with Gasteiger partial charge in [0.25, 0.3) is 5.91 Å². The first-order valence-corrected chi connectivity index (χ1v) is 7.59. The molecule has 1 aromatic carbocycles. The molecule has 5 heteroatoms. The summed E-state index contributed by atoms with van der Waals surface area (Å²) in [6, 6.07) is 12.1. The van der Waals surface area contributed by atoms with E-state index in [1.54, 1.807) is 6.07 Å². The maximum atomic E-state index is 12.0. The van der Waals surface area contributed by atoms with Gasteiger partial charge in [0.2, 0.25) is 0 Å². The molecule has 116 valence electrons. The minimum Gasteiger partial charge on any atom is -0.370 e. The summed E-state index contributed by atoms with van der Waals surface area (Å²) in [6.45, 7) is 4.76. The molecule has 0 aliphatic carbocycles. The van der Waals surface area contributed by atoms with E-state index in [0.29, 0.717) is 11.5 Å². The molecule has 1 aromatic heterocycles. The molecule has 1 atom stereocenters. The van der Waals surface area contributed by atoms with Gasteiger partial charge in [-0.05, 0) is 25.3 Å². The van der Waals surface area contributed by atoms with Gasteiger partial charge >= 0.3 is 0 Å². The summed E-state index contributed by atoms with van der Waals surface area (Å²) in [7, 11) is 0. The highest BCUT2D eigenvalue weighted by Crippen LogP contribution is 2.06. The lowest BCUT2D eigenvalue weighted by Gasteiger charge is -2.11. The Morgan fingerprint density at radius 3 is 2.73 bits per heavy atom. The highest BCUT2D eigenvalue weighted by atomic mass is 16.1. The zero-order valence-corrected chi connectivity index (χ0v) is 13.0. The largest absolute Gasteiger partial charge is 0.370 e. The van der Waals surface area contributed by atoms with Gasteiger partial charge in [0.05, 0.1) is 0 Å². The molecule has 1 unspecified atom stereocenters. The predicted octanol–water partition coefficient (Wildman–Crippen LogP) is 2.66. The molecule has 1 heterocycles. The molecule has 5 nitrogen and oxygen atoms in total. The van der Waals surface area contributed by atoms with Crippen molar-refractivity contribution in [2.45, 2.75) is 32.7 Å². The van der Waals surface area contributed by atoms with Gasteiger partial charge in [-0.15, -0.1) is 0 Å². The molecule has 2 rings (SSSR count). The highest BCUT2D eigenvalue weighted by Gasteiger charge is 2.10. The van der Waals surface area contributed by atoms with E-state index in [9.17, 15) is 4.79 Å². The van der Waals surface area contributed by atoms with Gasteiger partial charge in [-0.3, -0.25) is 4.79 Å². The van der Waals surface area contributed by atoms with Gasteiger partial charge in [-0.1, -0.05) is 37.3 Å². The summed E-state index contributed by atoms with van der Waals surface area (Å²) in [5, 5.41) is 6.12. The molecule has 0 radical (unpaired) electrons. The summed E-state index contributed by atoms with van der Waals surface area (Å²) in [5.74, 6) is 0.503. The van der Waals surface area contributed by atoms with E-state index in [4.69, 9.17) is 0 Å². The lowest BCUT2D eigenvalue weighted by Crippen LogP contribution is -2.32. The van der Waals surface area contributed by atoms with Crippen molar-refractivity contribution in [3.8, 4) is 0 Å². The zero-order chi connectivity index (χ0) is 15.8. The van der Waals surface area contributed by atoms with Crippen LogP contribution < -0.4 is 10.6 Å². The number of carbonyl (C=O) groups is 1. The molecule has 0 aliphatic rings. The molecule has 22 heavy (non-hydrogen) atoms. The van der Waals surface area contributed by atoms with Crippen LogP contribution in [0.15, 0.2) is 42.7 Å². The van der Waals surface area contributed by atoms with Crippen LogP contribution in [0.1, 0.15) is 36.3 Å². The summed E-state index contributed by atoms with van der Waals surface area (Å²) < 4.78 is 0. The van der Waals surface area contributed by atoms with Crippen LogP contribution in [-0.2, 0) is 6.42 Å². The third-order valence-corrected chi connectivity index (χ3v) is 3.45. The zero-order valence-electron chi connectivity index (χ0n) is 13.0. The number of benzene rings is 1. The van der Waals surface area contributed by atoms with E-state index >= 15 is 0 Å². The topological polar surface area (TPSA) is 66.9 Å². The smallest absolute Gasteiger partial charge is 0.270 e. The second-order valence-electron chi connectivity index (χ2n) is 5.23. The minimum absolute atomic E-state index is 0.136. The summed E-state index contributed by atoms with van der Waals surface area (Å²) >= 11 is 0. The quantitative estimate of drug-likeness (QED) is 0.824. The average molecular weight is 298 g/mol. The molecular weight excluding hydrogens is 276 g/mol. The van der Waals surface area contributed by atoms with Crippen molar-refractivity contribution < 1.29 is 4.79 Å². The number of nitrogens with zero attached hydrogens (tertiary/aromatic N) is 2. The molecule has 0 saturated heterocycles. The SMILES string of the molecule is CCC(C)NC(=O)c1cc(NCCc2ccccc2)ncn1. The Morgan fingerprint density at radius 1 is 1.23 bits per heavy atom. The molecule has 0 spiro atoms. The van der Waals surface area contributed by atoms with Crippen LogP contribution in [0.4, 0.5) is 5.82 Å². The van der Waals surface area contributed by atoms with Crippen LogP contribution in [0.2, 0.25) is 0 Å². The third-order valence-electron chi connectivity index (χ3n) is 3.45. The Hall–Kier alpha value is -2.43. The number of carbonyl (C=O) groups excluding carboxylic acids is 1. The van der Waals surface area contributed by atoms with Gasteiger partial charge in [0.1, 0.15) is 17.8 Å². The standard InChI is InChI=1S/C17H22N4O/c1-3-13(2)21-17(22)15-11-16(20-12-19-15)18-10-9-14-7-5-4-6-8-14/h4-8,11-13H,3,9-10H2,1-2H3,(H,21,22)(H,18,19,20). The molecule has 0 fully saturated rings. The van der Waals surface area contributed by atoms with Gasteiger partial charge in [0, 0.05) is 18.7 Å². The van der Waals surface area contributed by atoms with E-state index in [2.05, 4.69) is 32.7 Å². The maximum Gasteiger partial charge on any atom is 0.270 e. The van der Waals surface area contributed by atoms with Crippen molar-refractivity contribution in [2.75, 3.05) is 11.9 Å². The van der Waals surface area contributed by atoms with E-state index in [0.717, 1.165) is 19.4 Å². The van der Waals surface area contributed by atoms with Crippen molar-refractivity contribution >= 4 is 11.7 Å². The van der Waals surface area contributed by atoms with Gasteiger partial charge in [0.15, 0.2) is 0 Å². The van der Waals surface area contributed by atoms with Crippen LogP contribution in [-0.4, -0.2) is 28.5 Å². The predicted molar refractivity (Wildman–Crippen MR) is 87.9 cm³/mol. The van der Waals surface area contributed by atoms with Crippen LogP contribution in [0.25, 0.3) is 0 Å². The van der Waals surface area contributed by atoms with E-state index < -0.39 is 0 Å². The molecule has 2 aromatic rings. The second kappa shape index (κ2) is 8.12. The minimum atomic E-state index is -0.164. The molecule has 2 N–H and O–H groups in total. The maximum absolute atomic E-state index is 12.0. The van der Waals surface area contributed by atoms with Gasteiger partial charge in [-0.25, -0.2) is 9.97 Å². The molecule has 1 amide bonds. The number of amides is 1. The summed E-state index contributed by atoms with van der Waals surface area (Å²) in [5.41, 5.74) is 1.65. The number of rotatable bonds is 7. The molecule has 0 aliphatic heterocycles. The first-order chi connectivity index (χ1) is 10.7. The van der Waals surface area contributed by atoms with Crippen LogP contribution in [0.5, 0.6) is 0 Å². The van der Waals surface area contributed by atoms with E-state index in [1.165, 1.54) is 11.9 Å². The Labute approximate surface area is 131 Å². The number of hydrogen-bond donors (Lipinski definition) is 2. The summed E-state index contributed by atoms with van der Waals surface area (Å²) in [6.07, 6.45) is 3.20. The average Bonchev–Trinajstić information content (AvgIpc) is 2.56. The van der Waals surface area contributed by atoms with Crippen LogP contribution >= 0.6 is 0 Å². The monoisotopic (exact) mass is 298 g/mol. The number of anilines is 1. The number of hydrogen-bond acceptors (Lipinski definition) is 4. The van der Waals surface area contributed by atoms with Crippen molar-refractivity contribution in [3.63, 3.8) is 0 Å². The lowest BCUT2D eigenvalue weighted by atomic mass is 10.1. The van der Waals surface area contributed by atoms with Crippen LogP contribution in [0, 0.1) is 0 Å². The number of nitrogens with one attached hydrogen (secondary N) is 2. The fourth-order valence-electron chi connectivity index (χ4n) is 1.96. The lowest BCUT2D eigenvalue weighted by molar-refractivity contribution is 0.0934. The molecule has 0 bridgehead atoms. The Kier molecular flexibility index (Phi) is 5.89. The third kappa shape index (κ3) is 4.84. The first kappa shape index (κ1) is 15.9. The van der Waals surface area contributed by atoms with E-state index in [1.807, 2.05) is 32.0 Å². The Balaban J connectivity index is 1.89. The highest BCUT2D eigenvalue weighted by molar-refractivity contribution is 5.93. The first-order valence-electron chi connectivity index (χ1n) is 7.59. The molecule has 0 saturated carbocycles. The van der Waals surface area contributed by atoms with Crippen molar-refractivity contribution in [1.29, 1.82) is 0 Å². The van der Waals surface area contributed by atoms with E-state index in [-0.39, 0.29) is 11.9 Å². The van der Waals surface area contributed by atoms with Crippen LogP contribution in [0.3, 0.4) is 0 Å². The normalized spacial score (nSPS) is 11.7. The van der Waals surface area contributed by atoms with Crippen molar-refractivity contribution in [2.24, 2.45) is 0 Å². The summed E-state index contributed by atoms with van der Waals surface area (Å²) in [4.78, 5) is 20.2. The molecular formula is C17H22N4O. The Morgan fingerprint density at radius 2 is 2.00 bits per heavy atom. The second-order valence-corrected chi connectivity index (χ2v) is 5.23.